The van der Waals surface area contributed by atoms with E-state index in [2.05, 4.69) is 9.72 Å². The lowest BCUT2D eigenvalue weighted by Gasteiger charge is -2.07. The van der Waals surface area contributed by atoms with Gasteiger partial charge >= 0.3 is 5.97 Å². The lowest BCUT2D eigenvalue weighted by Crippen LogP contribution is -2.20. The third-order valence-corrected chi connectivity index (χ3v) is 3.18. The van der Waals surface area contributed by atoms with Gasteiger partial charge in [0.05, 0.1) is 18.0 Å². The van der Waals surface area contributed by atoms with Crippen molar-refractivity contribution in [1.82, 2.24) is 4.98 Å². The van der Waals surface area contributed by atoms with Gasteiger partial charge in [-0.2, -0.15) is 0 Å². The SMILES string of the molecule is CCOC(=O)C(=O)Cc1nc(OCc2ccccc2)ccc1[N+](=O)[O-]. The van der Waals surface area contributed by atoms with Gasteiger partial charge in [0.1, 0.15) is 12.3 Å². The van der Waals surface area contributed by atoms with Crippen molar-refractivity contribution in [2.24, 2.45) is 0 Å². The minimum atomic E-state index is -1.05. The van der Waals surface area contributed by atoms with E-state index in [0.717, 1.165) is 5.56 Å². The van der Waals surface area contributed by atoms with E-state index >= 15 is 0 Å². The van der Waals surface area contributed by atoms with Crippen molar-refractivity contribution in [2.75, 3.05) is 6.61 Å². The van der Waals surface area contributed by atoms with Crippen LogP contribution in [0.3, 0.4) is 0 Å². The van der Waals surface area contributed by atoms with Crippen molar-refractivity contribution < 1.29 is 24.0 Å². The van der Waals surface area contributed by atoms with E-state index < -0.39 is 23.1 Å². The number of hydrogen-bond acceptors (Lipinski definition) is 7. The number of ketones is 1. The highest BCUT2D eigenvalue weighted by Crippen LogP contribution is 2.21. The van der Waals surface area contributed by atoms with Crippen LogP contribution in [0.2, 0.25) is 0 Å². The number of rotatable bonds is 8. The Bertz CT molecular complexity index is 776. The standard InChI is InChI=1S/C17H16N2O6/c1-2-24-17(21)15(20)10-13-14(19(22)23)8-9-16(18-13)25-11-12-6-4-3-5-7-12/h3-9H,2,10-11H2,1H3. The Labute approximate surface area is 143 Å². The van der Waals surface area contributed by atoms with Crippen LogP contribution in [-0.2, 0) is 27.4 Å². The monoisotopic (exact) mass is 344 g/mol. The van der Waals surface area contributed by atoms with Gasteiger partial charge in [-0.15, -0.1) is 0 Å². The number of aromatic nitrogens is 1. The number of pyridine rings is 1. The van der Waals surface area contributed by atoms with Crippen molar-refractivity contribution >= 4 is 17.4 Å². The maximum Gasteiger partial charge on any atom is 0.375 e. The summed E-state index contributed by atoms with van der Waals surface area (Å²) in [7, 11) is 0. The largest absolute Gasteiger partial charge is 0.473 e. The minimum Gasteiger partial charge on any atom is -0.473 e. The number of hydrogen-bond donors (Lipinski definition) is 0. The van der Waals surface area contributed by atoms with Crippen LogP contribution in [0.5, 0.6) is 5.88 Å². The zero-order chi connectivity index (χ0) is 18.2. The molecular formula is C17H16N2O6. The summed E-state index contributed by atoms with van der Waals surface area (Å²) in [6, 6.07) is 11.8. The molecule has 25 heavy (non-hydrogen) atoms. The molecule has 0 aliphatic heterocycles. The maximum absolute atomic E-state index is 11.8. The number of ether oxygens (including phenoxy) is 2. The Hall–Kier alpha value is -3.29. The summed E-state index contributed by atoms with van der Waals surface area (Å²) >= 11 is 0. The van der Waals surface area contributed by atoms with E-state index in [9.17, 15) is 19.7 Å². The first-order valence-corrected chi connectivity index (χ1v) is 7.52. The number of carbonyl (C=O) groups excluding carboxylic acids is 2. The van der Waals surface area contributed by atoms with Crippen molar-refractivity contribution in [3.05, 3.63) is 63.8 Å². The lowest BCUT2D eigenvalue weighted by atomic mass is 10.1. The van der Waals surface area contributed by atoms with E-state index in [1.54, 1.807) is 6.92 Å². The smallest absolute Gasteiger partial charge is 0.375 e. The molecule has 0 atom stereocenters. The summed E-state index contributed by atoms with van der Waals surface area (Å²) in [4.78, 5) is 37.6. The summed E-state index contributed by atoms with van der Waals surface area (Å²) in [6.45, 7) is 1.82. The van der Waals surface area contributed by atoms with Crippen LogP contribution in [0.25, 0.3) is 0 Å². The molecule has 0 N–H and O–H groups in total. The molecule has 0 aliphatic carbocycles. The predicted molar refractivity (Wildman–Crippen MR) is 87.0 cm³/mol. The molecule has 2 rings (SSSR count). The molecule has 0 aliphatic rings. The van der Waals surface area contributed by atoms with Crippen LogP contribution in [0.15, 0.2) is 42.5 Å². The molecule has 0 saturated carbocycles. The van der Waals surface area contributed by atoms with E-state index in [-0.39, 0.29) is 30.5 Å². The van der Waals surface area contributed by atoms with Crippen LogP contribution in [0.4, 0.5) is 5.69 Å². The summed E-state index contributed by atoms with van der Waals surface area (Å²) in [6.07, 6.45) is -0.530. The molecule has 1 heterocycles. The molecule has 130 valence electrons. The molecule has 0 fully saturated rings. The third kappa shape index (κ3) is 5.10. The highest BCUT2D eigenvalue weighted by Gasteiger charge is 2.23. The number of nitro groups is 1. The molecule has 0 radical (unpaired) electrons. The van der Waals surface area contributed by atoms with Crippen molar-refractivity contribution in [2.45, 2.75) is 20.0 Å². The van der Waals surface area contributed by atoms with Gasteiger partial charge in [0, 0.05) is 12.1 Å². The number of Topliss-reactive ketones (excluding diaryl/α,β-unsaturated/α-hetero) is 1. The number of nitrogens with zero attached hydrogens (tertiary/aromatic N) is 2. The van der Waals surface area contributed by atoms with Gasteiger partial charge in [0.15, 0.2) is 0 Å². The zero-order valence-corrected chi connectivity index (χ0v) is 13.5. The van der Waals surface area contributed by atoms with Crippen molar-refractivity contribution in [3.8, 4) is 5.88 Å². The Morgan fingerprint density at radius 1 is 1.16 bits per heavy atom. The van der Waals surface area contributed by atoms with Gasteiger partial charge in [0.2, 0.25) is 11.7 Å². The van der Waals surface area contributed by atoms with E-state index in [4.69, 9.17) is 4.74 Å². The van der Waals surface area contributed by atoms with Gasteiger partial charge in [-0.25, -0.2) is 9.78 Å². The Morgan fingerprint density at radius 3 is 2.52 bits per heavy atom. The molecule has 8 nitrogen and oxygen atoms in total. The highest BCUT2D eigenvalue weighted by atomic mass is 16.6. The summed E-state index contributed by atoms with van der Waals surface area (Å²) < 4.78 is 10.1. The molecule has 0 unspecified atom stereocenters. The normalized spacial score (nSPS) is 10.1. The average molecular weight is 344 g/mol. The number of carbonyl (C=O) groups is 2. The molecule has 1 aromatic carbocycles. The summed E-state index contributed by atoms with van der Waals surface area (Å²) in [5.41, 5.74) is 0.394. The van der Waals surface area contributed by atoms with Crippen molar-refractivity contribution in [1.29, 1.82) is 0 Å². The topological polar surface area (TPSA) is 109 Å². The fourth-order valence-electron chi connectivity index (χ4n) is 2.02. The second-order valence-corrected chi connectivity index (χ2v) is 4.97. The van der Waals surface area contributed by atoms with Crippen molar-refractivity contribution in [3.63, 3.8) is 0 Å². The van der Waals surface area contributed by atoms with Gasteiger partial charge in [-0.05, 0) is 12.5 Å². The fraction of sp³-hybridized carbons (Fsp3) is 0.235. The van der Waals surface area contributed by atoms with Crippen LogP contribution in [0, 0.1) is 10.1 Å². The zero-order valence-electron chi connectivity index (χ0n) is 13.5. The van der Waals surface area contributed by atoms with Gasteiger partial charge in [0.25, 0.3) is 5.69 Å². The molecule has 0 saturated heterocycles. The highest BCUT2D eigenvalue weighted by molar-refractivity contribution is 6.34. The second-order valence-electron chi connectivity index (χ2n) is 4.97. The molecule has 2 aromatic rings. The Balaban J connectivity index is 2.16. The van der Waals surface area contributed by atoms with E-state index in [0.29, 0.717) is 0 Å². The first-order chi connectivity index (χ1) is 12.0. The molecule has 0 bridgehead atoms. The van der Waals surface area contributed by atoms with Gasteiger partial charge in [-0.3, -0.25) is 14.9 Å². The average Bonchev–Trinajstić information content (AvgIpc) is 2.61. The van der Waals surface area contributed by atoms with Crippen LogP contribution in [0.1, 0.15) is 18.2 Å². The second kappa shape index (κ2) is 8.53. The third-order valence-electron chi connectivity index (χ3n) is 3.18. The van der Waals surface area contributed by atoms with Crippen LogP contribution >= 0.6 is 0 Å². The Kier molecular flexibility index (Phi) is 6.16. The first kappa shape index (κ1) is 18.1. The molecule has 0 spiro atoms. The molecule has 0 amide bonds. The fourth-order valence-corrected chi connectivity index (χ4v) is 2.02. The number of esters is 1. The molecule has 8 heteroatoms. The Morgan fingerprint density at radius 2 is 1.88 bits per heavy atom. The van der Waals surface area contributed by atoms with E-state index in [1.165, 1.54) is 12.1 Å². The minimum absolute atomic E-state index is 0.0420. The lowest BCUT2D eigenvalue weighted by molar-refractivity contribution is -0.385. The quantitative estimate of drug-likeness (QED) is 0.313. The first-order valence-electron chi connectivity index (χ1n) is 7.52. The molecular weight excluding hydrogens is 328 g/mol. The van der Waals surface area contributed by atoms with Crippen LogP contribution < -0.4 is 4.74 Å². The number of benzene rings is 1. The van der Waals surface area contributed by atoms with Crippen LogP contribution in [-0.4, -0.2) is 28.3 Å². The van der Waals surface area contributed by atoms with Gasteiger partial charge < -0.3 is 9.47 Å². The molecule has 1 aromatic heterocycles. The summed E-state index contributed by atoms with van der Waals surface area (Å²) in [5.74, 6) is -1.83. The predicted octanol–water partition coefficient (Wildman–Crippen LogP) is 2.24. The van der Waals surface area contributed by atoms with Gasteiger partial charge in [-0.1, -0.05) is 30.3 Å². The summed E-state index contributed by atoms with van der Waals surface area (Å²) in [5, 5.41) is 11.1. The maximum atomic E-state index is 11.8. The van der Waals surface area contributed by atoms with E-state index in [1.807, 2.05) is 30.3 Å².